The van der Waals surface area contributed by atoms with Gasteiger partial charge in [0.15, 0.2) is 6.10 Å². The van der Waals surface area contributed by atoms with Crippen molar-refractivity contribution in [2.24, 2.45) is 0 Å². The summed E-state index contributed by atoms with van der Waals surface area (Å²) >= 11 is 0. The summed E-state index contributed by atoms with van der Waals surface area (Å²) in [5.74, 6) is -0.841. The van der Waals surface area contributed by atoms with E-state index in [1.807, 2.05) is 0 Å². The molecule has 6 heteroatoms. The fourth-order valence-electron chi connectivity index (χ4n) is 8.27. The van der Waals surface area contributed by atoms with Crippen LogP contribution in [0.25, 0.3) is 0 Å². The van der Waals surface area contributed by atoms with E-state index in [0.717, 1.165) is 57.8 Å². The first-order valence-corrected chi connectivity index (χ1v) is 27.0. The molecule has 0 amide bonds. The number of esters is 3. The Morgan fingerprint density at radius 1 is 0.267 bits per heavy atom. The summed E-state index contributed by atoms with van der Waals surface area (Å²) in [7, 11) is 0. The van der Waals surface area contributed by atoms with Crippen LogP contribution < -0.4 is 0 Å². The average molecular weight is 849 g/mol. The molecule has 0 N–H and O–H groups in total. The molecule has 0 bridgehead atoms. The molecule has 0 rings (SSSR count). The summed E-state index contributed by atoms with van der Waals surface area (Å²) in [6.45, 7) is 6.67. The van der Waals surface area contributed by atoms with Gasteiger partial charge in [0.2, 0.25) is 0 Å². The maximum absolute atomic E-state index is 12.8. The second kappa shape index (κ2) is 50.1. The third-order valence-corrected chi connectivity index (χ3v) is 12.4. The summed E-state index contributed by atoms with van der Waals surface area (Å²) < 4.78 is 16.8. The third-order valence-electron chi connectivity index (χ3n) is 12.4. The summed E-state index contributed by atoms with van der Waals surface area (Å²) in [6.07, 6.45) is 53.8. The minimum atomic E-state index is -0.759. The van der Waals surface area contributed by atoms with Crippen molar-refractivity contribution >= 4 is 17.9 Å². The van der Waals surface area contributed by atoms with Crippen molar-refractivity contribution < 1.29 is 28.6 Å². The molecular formula is C54H104O6. The zero-order valence-electron chi connectivity index (χ0n) is 40.8. The highest BCUT2D eigenvalue weighted by atomic mass is 16.6. The minimum Gasteiger partial charge on any atom is -0.462 e. The van der Waals surface area contributed by atoms with Gasteiger partial charge in [-0.15, -0.1) is 0 Å². The van der Waals surface area contributed by atoms with Crippen LogP contribution in [0.5, 0.6) is 0 Å². The number of hydrogen-bond donors (Lipinski definition) is 0. The van der Waals surface area contributed by atoms with E-state index in [1.165, 1.54) is 212 Å². The summed E-state index contributed by atoms with van der Waals surface area (Å²) in [6, 6.07) is 0. The van der Waals surface area contributed by atoms with E-state index in [0.29, 0.717) is 19.3 Å². The quantitative estimate of drug-likeness (QED) is 0.0345. The highest BCUT2D eigenvalue weighted by Crippen LogP contribution is 2.17. The molecule has 0 aromatic rings. The topological polar surface area (TPSA) is 78.9 Å². The van der Waals surface area contributed by atoms with E-state index in [4.69, 9.17) is 14.2 Å². The largest absolute Gasteiger partial charge is 0.462 e. The molecule has 0 saturated carbocycles. The van der Waals surface area contributed by atoms with Crippen LogP contribution in [0.2, 0.25) is 0 Å². The Bertz CT molecular complexity index is 889. The monoisotopic (exact) mass is 849 g/mol. The van der Waals surface area contributed by atoms with Gasteiger partial charge >= 0.3 is 17.9 Å². The fourth-order valence-corrected chi connectivity index (χ4v) is 8.27. The smallest absolute Gasteiger partial charge is 0.306 e. The first-order chi connectivity index (χ1) is 29.5. The van der Waals surface area contributed by atoms with Gasteiger partial charge in [-0.25, -0.2) is 0 Å². The number of rotatable bonds is 50. The average Bonchev–Trinajstić information content (AvgIpc) is 3.24. The molecule has 0 heterocycles. The van der Waals surface area contributed by atoms with Gasteiger partial charge in [0.05, 0.1) is 0 Å². The predicted molar refractivity (Wildman–Crippen MR) is 257 cm³/mol. The van der Waals surface area contributed by atoms with E-state index in [-0.39, 0.29) is 31.1 Å². The number of ether oxygens (including phenoxy) is 3. The molecule has 0 aliphatic rings. The van der Waals surface area contributed by atoms with E-state index < -0.39 is 6.10 Å². The Labute approximate surface area is 374 Å². The van der Waals surface area contributed by atoms with Crippen LogP contribution in [0.15, 0.2) is 0 Å². The van der Waals surface area contributed by atoms with Gasteiger partial charge in [-0.2, -0.15) is 0 Å². The van der Waals surface area contributed by atoms with E-state index in [9.17, 15) is 14.4 Å². The van der Waals surface area contributed by atoms with Crippen molar-refractivity contribution in [3.63, 3.8) is 0 Å². The lowest BCUT2D eigenvalue weighted by Gasteiger charge is -2.18. The normalized spacial score (nSPS) is 11.8. The molecule has 6 nitrogen and oxygen atoms in total. The highest BCUT2D eigenvalue weighted by Gasteiger charge is 2.19. The second-order valence-electron chi connectivity index (χ2n) is 18.5. The van der Waals surface area contributed by atoms with Gasteiger partial charge in [-0.3, -0.25) is 14.4 Å². The zero-order valence-corrected chi connectivity index (χ0v) is 40.8. The number of hydrogen-bond acceptors (Lipinski definition) is 6. The molecule has 0 aliphatic carbocycles. The van der Waals surface area contributed by atoms with Crippen molar-refractivity contribution in [3.05, 3.63) is 0 Å². The maximum Gasteiger partial charge on any atom is 0.306 e. The van der Waals surface area contributed by atoms with Crippen LogP contribution in [-0.4, -0.2) is 37.2 Å². The molecule has 356 valence electrons. The van der Waals surface area contributed by atoms with Crippen LogP contribution >= 0.6 is 0 Å². The van der Waals surface area contributed by atoms with Crippen molar-refractivity contribution in [3.8, 4) is 0 Å². The summed E-state index contributed by atoms with van der Waals surface area (Å²) in [5.41, 5.74) is 0. The van der Waals surface area contributed by atoms with Crippen molar-refractivity contribution in [2.45, 2.75) is 316 Å². The lowest BCUT2D eigenvalue weighted by atomic mass is 10.0. The standard InChI is InChI=1S/C54H104O6/c1-4-7-10-13-16-19-21-23-25-26-27-28-29-31-33-36-39-42-45-48-54(57)60-51(49-58-52(55)46-43-40-37-34-18-15-12-9-6-3)50-59-53(56)47-44-41-38-35-32-30-24-22-20-17-14-11-8-5-2/h51H,4-50H2,1-3H3/t51-/m1/s1. The number of unbranched alkanes of at least 4 members (excludes halogenated alkanes) is 39. The first-order valence-electron chi connectivity index (χ1n) is 27.0. The van der Waals surface area contributed by atoms with Crippen molar-refractivity contribution in [2.75, 3.05) is 13.2 Å². The molecular weight excluding hydrogens is 745 g/mol. The summed E-state index contributed by atoms with van der Waals surface area (Å²) in [4.78, 5) is 37.9. The van der Waals surface area contributed by atoms with Gasteiger partial charge in [0.25, 0.3) is 0 Å². The molecule has 0 aromatic carbocycles. The Morgan fingerprint density at radius 2 is 0.450 bits per heavy atom. The molecule has 0 unspecified atom stereocenters. The SMILES string of the molecule is CCCCCCCCCCCCCCCCCCCCCC(=O)O[C@H](COC(=O)CCCCCCCCCCC)COC(=O)CCCCCCCCCCCCCCCC. The van der Waals surface area contributed by atoms with E-state index >= 15 is 0 Å². The van der Waals surface area contributed by atoms with E-state index in [2.05, 4.69) is 20.8 Å². The Kier molecular flexibility index (Phi) is 48.7. The van der Waals surface area contributed by atoms with Gasteiger partial charge in [0, 0.05) is 19.3 Å². The molecule has 0 aromatic heterocycles. The van der Waals surface area contributed by atoms with Crippen LogP contribution in [0.4, 0.5) is 0 Å². The Hall–Kier alpha value is -1.59. The molecule has 0 spiro atoms. The molecule has 0 aliphatic heterocycles. The molecule has 0 fully saturated rings. The molecule has 0 saturated heterocycles. The van der Waals surface area contributed by atoms with Crippen LogP contribution in [0.3, 0.4) is 0 Å². The zero-order chi connectivity index (χ0) is 43.7. The second-order valence-corrected chi connectivity index (χ2v) is 18.5. The molecule has 1 atom stereocenters. The predicted octanol–water partition coefficient (Wildman–Crippen LogP) is 17.6. The minimum absolute atomic E-state index is 0.0618. The van der Waals surface area contributed by atoms with Crippen molar-refractivity contribution in [1.29, 1.82) is 0 Å². The lowest BCUT2D eigenvalue weighted by Crippen LogP contribution is -2.30. The van der Waals surface area contributed by atoms with Crippen LogP contribution in [0.1, 0.15) is 310 Å². The van der Waals surface area contributed by atoms with Gasteiger partial charge in [-0.1, -0.05) is 271 Å². The lowest BCUT2D eigenvalue weighted by molar-refractivity contribution is -0.167. The number of carbonyl (C=O) groups excluding carboxylic acids is 3. The molecule has 0 radical (unpaired) electrons. The van der Waals surface area contributed by atoms with Crippen LogP contribution in [-0.2, 0) is 28.6 Å². The van der Waals surface area contributed by atoms with Crippen molar-refractivity contribution in [1.82, 2.24) is 0 Å². The van der Waals surface area contributed by atoms with Crippen LogP contribution in [0, 0.1) is 0 Å². The number of carbonyl (C=O) groups is 3. The third kappa shape index (κ3) is 47.5. The molecule has 60 heavy (non-hydrogen) atoms. The highest BCUT2D eigenvalue weighted by molar-refractivity contribution is 5.71. The Morgan fingerprint density at radius 3 is 0.667 bits per heavy atom. The maximum atomic E-state index is 12.8. The summed E-state index contributed by atoms with van der Waals surface area (Å²) in [5, 5.41) is 0. The first kappa shape index (κ1) is 58.4. The van der Waals surface area contributed by atoms with E-state index in [1.54, 1.807) is 0 Å². The van der Waals surface area contributed by atoms with Gasteiger partial charge in [0.1, 0.15) is 13.2 Å². The fraction of sp³-hybridized carbons (Fsp3) is 0.944. The van der Waals surface area contributed by atoms with Gasteiger partial charge < -0.3 is 14.2 Å². The Balaban J connectivity index is 4.22. The van der Waals surface area contributed by atoms with Gasteiger partial charge in [-0.05, 0) is 19.3 Å².